The van der Waals surface area contributed by atoms with Crippen LogP contribution < -0.4 is 0 Å². The van der Waals surface area contributed by atoms with Gasteiger partial charge >= 0.3 is 0 Å². The lowest BCUT2D eigenvalue weighted by Gasteiger charge is -2.07. The Kier molecular flexibility index (Phi) is 3.03. The largest absolute Gasteiger partial charge is 0.309 e. The molecule has 4 aromatic carbocycles. The summed E-state index contributed by atoms with van der Waals surface area (Å²) in [4.78, 5) is 0. The van der Waals surface area contributed by atoms with E-state index < -0.39 is 0 Å². The summed E-state index contributed by atoms with van der Waals surface area (Å²) >= 11 is 1.88. The van der Waals surface area contributed by atoms with Crippen molar-refractivity contribution in [2.75, 3.05) is 0 Å². The molecule has 2 heteroatoms. The van der Waals surface area contributed by atoms with Gasteiger partial charge in [0.25, 0.3) is 0 Å². The second kappa shape index (κ2) is 5.45. The molecule has 2 heterocycles. The lowest BCUT2D eigenvalue weighted by Crippen LogP contribution is -1.93. The number of para-hydroxylation sites is 1. The van der Waals surface area contributed by atoms with Crippen LogP contribution >= 0.6 is 11.3 Å². The quantitative estimate of drug-likeness (QED) is 0.286. The van der Waals surface area contributed by atoms with Gasteiger partial charge in [0.15, 0.2) is 0 Å². The minimum Gasteiger partial charge on any atom is -0.309 e. The van der Waals surface area contributed by atoms with Gasteiger partial charge in [0.2, 0.25) is 0 Å². The third kappa shape index (κ3) is 2.11. The van der Waals surface area contributed by atoms with Gasteiger partial charge in [-0.05, 0) is 48.9 Å². The van der Waals surface area contributed by atoms with Crippen LogP contribution in [0.1, 0.15) is 5.56 Å². The first-order chi connectivity index (χ1) is 13.3. The van der Waals surface area contributed by atoms with Crippen LogP contribution in [-0.4, -0.2) is 4.57 Å². The second-order valence-corrected chi connectivity index (χ2v) is 8.24. The molecule has 128 valence electrons. The number of aryl methyl sites for hydroxylation is 1. The van der Waals surface area contributed by atoms with Gasteiger partial charge in [-0.15, -0.1) is 11.3 Å². The summed E-state index contributed by atoms with van der Waals surface area (Å²) in [6.07, 6.45) is 0. The number of thiophene rings is 1. The highest BCUT2D eigenvalue weighted by atomic mass is 32.1. The summed E-state index contributed by atoms with van der Waals surface area (Å²) in [7, 11) is 0. The van der Waals surface area contributed by atoms with E-state index in [2.05, 4.69) is 96.4 Å². The minimum absolute atomic E-state index is 1.21. The molecular formula is C25H17NS. The number of hydrogen-bond acceptors (Lipinski definition) is 1. The number of hydrogen-bond donors (Lipinski definition) is 0. The van der Waals surface area contributed by atoms with E-state index >= 15 is 0 Å². The number of aromatic nitrogens is 1. The number of rotatable bonds is 1. The average molecular weight is 363 g/mol. The Labute approximate surface area is 161 Å². The highest BCUT2D eigenvalue weighted by Crippen LogP contribution is 2.40. The third-order valence-corrected chi connectivity index (χ3v) is 6.57. The maximum Gasteiger partial charge on any atom is 0.0555 e. The monoisotopic (exact) mass is 363 g/mol. The average Bonchev–Trinajstić information content (AvgIpc) is 3.21. The molecule has 0 atom stereocenters. The minimum atomic E-state index is 1.21. The summed E-state index contributed by atoms with van der Waals surface area (Å²) in [5.74, 6) is 0. The van der Waals surface area contributed by atoms with E-state index in [4.69, 9.17) is 0 Å². The van der Waals surface area contributed by atoms with Gasteiger partial charge in [-0.3, -0.25) is 0 Å². The predicted octanol–water partition coefficient (Wildman–Crippen LogP) is 7.46. The molecule has 0 spiro atoms. The van der Waals surface area contributed by atoms with Gasteiger partial charge in [-0.2, -0.15) is 0 Å². The molecule has 0 saturated carbocycles. The van der Waals surface area contributed by atoms with Crippen LogP contribution in [0.2, 0.25) is 0 Å². The summed E-state index contributed by atoms with van der Waals surface area (Å²) in [5.41, 5.74) is 5.05. The van der Waals surface area contributed by atoms with Gasteiger partial charge in [0, 0.05) is 36.6 Å². The summed E-state index contributed by atoms with van der Waals surface area (Å²) in [6, 6.07) is 30.9. The predicted molar refractivity (Wildman–Crippen MR) is 118 cm³/mol. The number of benzene rings is 4. The van der Waals surface area contributed by atoms with Crippen molar-refractivity contribution in [3.63, 3.8) is 0 Å². The fourth-order valence-electron chi connectivity index (χ4n) is 4.20. The topological polar surface area (TPSA) is 4.93 Å². The van der Waals surface area contributed by atoms with Gasteiger partial charge in [0.05, 0.1) is 11.0 Å². The molecule has 2 aromatic heterocycles. The Morgan fingerprint density at radius 3 is 2.26 bits per heavy atom. The van der Waals surface area contributed by atoms with Crippen molar-refractivity contribution in [2.45, 2.75) is 6.92 Å². The normalized spacial score (nSPS) is 11.9. The van der Waals surface area contributed by atoms with Crippen molar-refractivity contribution in [1.82, 2.24) is 4.57 Å². The Bertz CT molecular complexity index is 1470. The molecule has 0 saturated heterocycles. The first-order valence-corrected chi connectivity index (χ1v) is 10.0. The Morgan fingerprint density at radius 1 is 0.593 bits per heavy atom. The summed E-state index contributed by atoms with van der Waals surface area (Å²) < 4.78 is 5.11. The van der Waals surface area contributed by atoms with E-state index in [0.717, 1.165) is 0 Å². The van der Waals surface area contributed by atoms with Crippen LogP contribution in [0.15, 0.2) is 84.9 Å². The maximum absolute atomic E-state index is 2.40. The van der Waals surface area contributed by atoms with E-state index in [1.54, 1.807) is 0 Å². The first kappa shape index (κ1) is 15.0. The fourth-order valence-corrected chi connectivity index (χ4v) is 5.32. The van der Waals surface area contributed by atoms with Crippen LogP contribution in [0.4, 0.5) is 0 Å². The highest BCUT2D eigenvalue weighted by molar-refractivity contribution is 7.25. The number of fused-ring (bicyclic) bond motifs is 6. The van der Waals surface area contributed by atoms with E-state index in [1.165, 1.54) is 53.2 Å². The van der Waals surface area contributed by atoms with Crippen molar-refractivity contribution in [3.8, 4) is 5.69 Å². The molecule has 0 radical (unpaired) electrons. The lowest BCUT2D eigenvalue weighted by molar-refractivity contribution is 1.18. The molecule has 0 unspecified atom stereocenters. The molecule has 0 amide bonds. The zero-order chi connectivity index (χ0) is 18.0. The molecule has 27 heavy (non-hydrogen) atoms. The van der Waals surface area contributed by atoms with E-state index in [9.17, 15) is 0 Å². The molecule has 0 N–H and O–H groups in total. The Hall–Kier alpha value is -3.10. The lowest BCUT2D eigenvalue weighted by atomic mass is 10.1. The Balaban J connectivity index is 1.85. The SMILES string of the molecule is Cc1ccc2c3cc4c(cc3n(-c3ccccc3)c2c1)sc1ccccc14. The van der Waals surface area contributed by atoms with Crippen molar-refractivity contribution in [2.24, 2.45) is 0 Å². The molecular weight excluding hydrogens is 346 g/mol. The molecule has 0 aliphatic heterocycles. The van der Waals surface area contributed by atoms with Crippen molar-refractivity contribution in [1.29, 1.82) is 0 Å². The van der Waals surface area contributed by atoms with Crippen LogP contribution in [0.25, 0.3) is 47.7 Å². The zero-order valence-corrected chi connectivity index (χ0v) is 15.8. The Morgan fingerprint density at radius 2 is 1.37 bits per heavy atom. The van der Waals surface area contributed by atoms with Crippen LogP contribution in [0, 0.1) is 6.92 Å². The van der Waals surface area contributed by atoms with Gasteiger partial charge in [-0.25, -0.2) is 0 Å². The molecule has 0 aliphatic rings. The van der Waals surface area contributed by atoms with Crippen molar-refractivity contribution in [3.05, 3.63) is 90.5 Å². The second-order valence-electron chi connectivity index (χ2n) is 7.16. The van der Waals surface area contributed by atoms with Gasteiger partial charge in [-0.1, -0.05) is 48.5 Å². The molecule has 6 rings (SSSR count). The van der Waals surface area contributed by atoms with Crippen molar-refractivity contribution < 1.29 is 0 Å². The maximum atomic E-state index is 2.40. The third-order valence-electron chi connectivity index (χ3n) is 5.43. The summed E-state index contributed by atoms with van der Waals surface area (Å²) in [6.45, 7) is 2.17. The van der Waals surface area contributed by atoms with E-state index in [-0.39, 0.29) is 0 Å². The molecule has 1 nitrogen and oxygen atoms in total. The van der Waals surface area contributed by atoms with Crippen molar-refractivity contribution >= 4 is 53.3 Å². The summed E-state index contributed by atoms with van der Waals surface area (Å²) in [5, 5.41) is 5.35. The van der Waals surface area contributed by atoms with E-state index in [1.807, 2.05) is 11.3 Å². The van der Waals surface area contributed by atoms with Gasteiger partial charge < -0.3 is 4.57 Å². The van der Waals surface area contributed by atoms with Gasteiger partial charge in [0.1, 0.15) is 0 Å². The zero-order valence-electron chi connectivity index (χ0n) is 14.9. The molecule has 0 fully saturated rings. The first-order valence-electron chi connectivity index (χ1n) is 9.21. The van der Waals surface area contributed by atoms with Crippen LogP contribution in [0.3, 0.4) is 0 Å². The highest BCUT2D eigenvalue weighted by Gasteiger charge is 2.15. The van der Waals surface area contributed by atoms with Crippen LogP contribution in [0.5, 0.6) is 0 Å². The fraction of sp³-hybridized carbons (Fsp3) is 0.0400. The molecule has 0 bridgehead atoms. The number of nitrogens with zero attached hydrogens (tertiary/aromatic N) is 1. The van der Waals surface area contributed by atoms with E-state index in [0.29, 0.717) is 0 Å². The van der Waals surface area contributed by atoms with Crippen LogP contribution in [-0.2, 0) is 0 Å². The standard InChI is InChI=1S/C25H17NS/c1-16-11-12-18-20-14-21-19-9-5-6-10-24(19)27-25(21)15-23(20)26(22(18)13-16)17-7-3-2-4-8-17/h2-15H,1H3. The molecule has 6 aromatic rings. The smallest absolute Gasteiger partial charge is 0.0555 e. The molecule has 0 aliphatic carbocycles.